The van der Waals surface area contributed by atoms with Crippen LogP contribution in [0.25, 0.3) is 11.3 Å². The van der Waals surface area contributed by atoms with Gasteiger partial charge in [0.2, 0.25) is 0 Å². The fourth-order valence-electron chi connectivity index (χ4n) is 3.54. The van der Waals surface area contributed by atoms with Crippen molar-refractivity contribution in [2.75, 3.05) is 6.54 Å². The summed E-state index contributed by atoms with van der Waals surface area (Å²) < 4.78 is 0. The Hall–Kier alpha value is -1.87. The minimum atomic E-state index is -0.0431. The van der Waals surface area contributed by atoms with Gasteiger partial charge in [0.25, 0.3) is 5.91 Å². The molecule has 2 heterocycles. The normalized spacial score (nSPS) is 20.2. The van der Waals surface area contributed by atoms with Gasteiger partial charge in [-0.25, -0.2) is 4.98 Å². The van der Waals surface area contributed by atoms with Gasteiger partial charge in [-0.15, -0.1) is 0 Å². The van der Waals surface area contributed by atoms with E-state index in [0.717, 1.165) is 30.6 Å². The van der Waals surface area contributed by atoms with Gasteiger partial charge in [0, 0.05) is 17.1 Å². The zero-order chi connectivity index (χ0) is 18.0. The lowest BCUT2D eigenvalue weighted by molar-refractivity contribution is 0.0778. The standard InChI is InChI=1S/C21H24ClN2O/c1-15-13-21(2,3)11-12-24(14-15)20(25)19-10-6-9-18(23-19)16-7-4-5-8-17(16)22/h4-10,12,15H,11,13-14H2,1-3H3/t15-/m1/s1. The van der Waals surface area contributed by atoms with Crippen molar-refractivity contribution >= 4 is 17.5 Å². The fraction of sp³-hybridized carbons (Fsp3) is 0.381. The van der Waals surface area contributed by atoms with Gasteiger partial charge in [-0.05, 0) is 42.4 Å². The summed E-state index contributed by atoms with van der Waals surface area (Å²) in [6.45, 7) is 9.49. The first kappa shape index (κ1) is 17.9. The molecule has 1 radical (unpaired) electrons. The van der Waals surface area contributed by atoms with Crippen molar-refractivity contribution < 1.29 is 4.79 Å². The quantitative estimate of drug-likeness (QED) is 0.716. The summed E-state index contributed by atoms with van der Waals surface area (Å²) in [6, 6.07) is 13.1. The Kier molecular flexibility index (Phi) is 5.14. The van der Waals surface area contributed by atoms with Gasteiger partial charge in [-0.2, -0.15) is 0 Å². The Bertz CT molecular complexity index is 772. The van der Waals surface area contributed by atoms with Crippen LogP contribution < -0.4 is 0 Å². The summed E-state index contributed by atoms with van der Waals surface area (Å²) in [5.41, 5.74) is 2.25. The number of halogens is 1. The molecular weight excluding hydrogens is 332 g/mol. The zero-order valence-electron chi connectivity index (χ0n) is 15.0. The van der Waals surface area contributed by atoms with Crippen molar-refractivity contribution in [3.05, 3.63) is 59.7 Å². The first-order chi connectivity index (χ1) is 11.9. The molecule has 1 atom stereocenters. The van der Waals surface area contributed by atoms with E-state index in [-0.39, 0.29) is 11.3 Å². The molecule has 1 aromatic carbocycles. The van der Waals surface area contributed by atoms with Crippen molar-refractivity contribution in [3.63, 3.8) is 0 Å². The number of aromatic nitrogens is 1. The molecule has 4 heteroatoms. The Morgan fingerprint density at radius 1 is 1.20 bits per heavy atom. The van der Waals surface area contributed by atoms with Crippen LogP contribution in [0.2, 0.25) is 5.02 Å². The average Bonchev–Trinajstić information content (AvgIpc) is 2.71. The summed E-state index contributed by atoms with van der Waals surface area (Å²) in [5.74, 6) is 0.419. The van der Waals surface area contributed by atoms with E-state index in [1.807, 2.05) is 47.8 Å². The Morgan fingerprint density at radius 3 is 2.72 bits per heavy atom. The Morgan fingerprint density at radius 2 is 1.96 bits per heavy atom. The Labute approximate surface area is 155 Å². The zero-order valence-corrected chi connectivity index (χ0v) is 15.8. The van der Waals surface area contributed by atoms with Crippen LogP contribution >= 0.6 is 11.6 Å². The maximum atomic E-state index is 13.0. The van der Waals surface area contributed by atoms with Crippen LogP contribution in [0.3, 0.4) is 0 Å². The monoisotopic (exact) mass is 355 g/mol. The van der Waals surface area contributed by atoms with Gasteiger partial charge in [0.05, 0.1) is 12.2 Å². The molecule has 1 amide bonds. The van der Waals surface area contributed by atoms with Crippen LogP contribution in [-0.4, -0.2) is 22.3 Å². The van der Waals surface area contributed by atoms with E-state index in [1.54, 1.807) is 6.07 Å². The number of carbonyl (C=O) groups is 1. The minimum Gasteiger partial charge on any atom is -0.332 e. The molecular formula is C21H24ClN2O. The molecule has 1 aromatic heterocycles. The van der Waals surface area contributed by atoms with Gasteiger partial charge < -0.3 is 4.90 Å². The van der Waals surface area contributed by atoms with Crippen molar-refractivity contribution in [2.24, 2.45) is 11.3 Å². The SMILES string of the molecule is C[C@H]1CN(C(=O)c2cccc(-c3ccccc3Cl)n2)[CH]CC(C)(C)C1. The highest BCUT2D eigenvalue weighted by Crippen LogP contribution is 2.35. The average molecular weight is 356 g/mol. The molecule has 2 aromatic rings. The van der Waals surface area contributed by atoms with Crippen LogP contribution in [0.4, 0.5) is 0 Å². The number of nitrogens with zero attached hydrogens (tertiary/aromatic N) is 2. The first-order valence-electron chi connectivity index (χ1n) is 8.72. The van der Waals surface area contributed by atoms with E-state index < -0.39 is 0 Å². The van der Waals surface area contributed by atoms with Gasteiger partial charge in [0.1, 0.15) is 5.69 Å². The lowest BCUT2D eigenvalue weighted by Gasteiger charge is -2.23. The third kappa shape index (κ3) is 4.21. The highest BCUT2D eigenvalue weighted by molar-refractivity contribution is 6.33. The third-order valence-corrected chi connectivity index (χ3v) is 4.98. The Balaban J connectivity index is 1.86. The number of hydrogen-bond acceptors (Lipinski definition) is 2. The third-order valence-electron chi connectivity index (χ3n) is 4.65. The minimum absolute atomic E-state index is 0.0431. The molecule has 0 bridgehead atoms. The van der Waals surface area contributed by atoms with Crippen molar-refractivity contribution in [1.82, 2.24) is 9.88 Å². The van der Waals surface area contributed by atoms with Crippen LogP contribution in [0.15, 0.2) is 42.5 Å². The summed E-state index contributed by atoms with van der Waals surface area (Å²) in [6.07, 6.45) is 2.01. The van der Waals surface area contributed by atoms with Gasteiger partial charge in [0.15, 0.2) is 0 Å². The second-order valence-electron chi connectivity index (χ2n) is 7.71. The second-order valence-corrected chi connectivity index (χ2v) is 8.11. The number of benzene rings is 1. The number of amides is 1. The van der Waals surface area contributed by atoms with Gasteiger partial charge in [-0.3, -0.25) is 4.79 Å². The molecule has 1 saturated heterocycles. The predicted molar refractivity (Wildman–Crippen MR) is 102 cm³/mol. The topological polar surface area (TPSA) is 33.2 Å². The fourth-order valence-corrected chi connectivity index (χ4v) is 3.78. The number of pyridine rings is 1. The molecule has 25 heavy (non-hydrogen) atoms. The molecule has 0 N–H and O–H groups in total. The highest BCUT2D eigenvalue weighted by atomic mass is 35.5. The van der Waals surface area contributed by atoms with Crippen LogP contribution in [0.1, 0.15) is 44.1 Å². The van der Waals surface area contributed by atoms with E-state index in [2.05, 4.69) is 25.8 Å². The van der Waals surface area contributed by atoms with E-state index >= 15 is 0 Å². The van der Waals surface area contributed by atoms with E-state index in [0.29, 0.717) is 16.6 Å². The lowest BCUT2D eigenvalue weighted by atomic mass is 9.82. The lowest BCUT2D eigenvalue weighted by Crippen LogP contribution is -2.31. The maximum absolute atomic E-state index is 13.0. The molecule has 0 aliphatic carbocycles. The molecule has 0 saturated carbocycles. The molecule has 3 rings (SSSR count). The molecule has 1 aliphatic rings. The van der Waals surface area contributed by atoms with Crippen molar-refractivity contribution in [2.45, 2.75) is 33.6 Å². The number of likely N-dealkylation sites (tertiary alicyclic amines) is 1. The molecule has 3 nitrogen and oxygen atoms in total. The molecule has 1 aliphatic heterocycles. The number of rotatable bonds is 2. The van der Waals surface area contributed by atoms with Crippen molar-refractivity contribution in [1.29, 1.82) is 0 Å². The summed E-state index contributed by atoms with van der Waals surface area (Å²) in [5, 5.41) is 0.635. The number of hydrogen-bond donors (Lipinski definition) is 0. The van der Waals surface area contributed by atoms with Gasteiger partial charge in [-0.1, -0.05) is 56.6 Å². The first-order valence-corrected chi connectivity index (χ1v) is 9.10. The summed E-state index contributed by atoms with van der Waals surface area (Å²) in [7, 11) is 0. The van der Waals surface area contributed by atoms with E-state index in [1.165, 1.54) is 0 Å². The van der Waals surface area contributed by atoms with Crippen LogP contribution in [0.5, 0.6) is 0 Å². The molecule has 0 spiro atoms. The smallest absolute Gasteiger partial charge is 0.272 e. The summed E-state index contributed by atoms with van der Waals surface area (Å²) in [4.78, 5) is 19.4. The maximum Gasteiger partial charge on any atom is 0.272 e. The molecule has 1 fully saturated rings. The molecule has 131 valence electrons. The van der Waals surface area contributed by atoms with Crippen molar-refractivity contribution in [3.8, 4) is 11.3 Å². The largest absolute Gasteiger partial charge is 0.332 e. The van der Waals surface area contributed by atoms with Crippen LogP contribution in [-0.2, 0) is 0 Å². The van der Waals surface area contributed by atoms with E-state index in [9.17, 15) is 4.79 Å². The number of carbonyl (C=O) groups excluding carboxylic acids is 1. The highest BCUT2D eigenvalue weighted by Gasteiger charge is 2.30. The second kappa shape index (κ2) is 7.17. The van der Waals surface area contributed by atoms with Gasteiger partial charge >= 0.3 is 0 Å². The molecule has 0 unspecified atom stereocenters. The predicted octanol–water partition coefficient (Wildman–Crippen LogP) is 5.46. The van der Waals surface area contributed by atoms with Crippen LogP contribution in [0, 0.1) is 17.9 Å². The van der Waals surface area contributed by atoms with E-state index in [4.69, 9.17) is 11.6 Å². The summed E-state index contributed by atoms with van der Waals surface area (Å²) >= 11 is 6.27.